The van der Waals surface area contributed by atoms with E-state index in [1.807, 2.05) is 0 Å². The molecule has 1 fully saturated rings. The monoisotopic (exact) mass is 214 g/mol. The molecule has 0 saturated heterocycles. The Kier molecular flexibility index (Phi) is 3.65. The highest BCUT2D eigenvalue weighted by atomic mass is 16.4. The maximum absolute atomic E-state index is 11.2. The Morgan fingerprint density at radius 3 is 2.47 bits per heavy atom. The van der Waals surface area contributed by atoms with Crippen LogP contribution in [0.1, 0.15) is 19.3 Å². The van der Waals surface area contributed by atoms with Gasteiger partial charge in [0, 0.05) is 13.1 Å². The first-order valence-corrected chi connectivity index (χ1v) is 4.74. The average Bonchev–Trinajstić information content (AvgIpc) is 2.86. The number of carbonyl (C=O) groups is 3. The lowest BCUT2D eigenvalue weighted by Gasteiger charge is -2.15. The highest BCUT2D eigenvalue weighted by Crippen LogP contribution is 2.18. The number of hydrogen-bond donors (Lipinski definition) is 2. The Morgan fingerprint density at radius 2 is 2.00 bits per heavy atom. The number of rotatable bonds is 5. The summed E-state index contributed by atoms with van der Waals surface area (Å²) < 4.78 is 0. The summed E-state index contributed by atoms with van der Waals surface area (Å²) in [4.78, 5) is 33.8. The largest absolute Gasteiger partial charge is 0.481 e. The van der Waals surface area contributed by atoms with Gasteiger partial charge in [-0.2, -0.15) is 0 Å². The number of carbonyl (C=O) groups excluding carboxylic acids is 2. The molecule has 0 bridgehead atoms. The third-order valence-electron chi connectivity index (χ3n) is 2.05. The van der Waals surface area contributed by atoms with Crippen LogP contribution < -0.4 is 5.32 Å². The van der Waals surface area contributed by atoms with E-state index in [9.17, 15) is 14.4 Å². The van der Waals surface area contributed by atoms with E-state index in [2.05, 4.69) is 5.32 Å². The SMILES string of the molecule is CN(CC(=O)NC1CC1)C(=O)CC(=O)O. The van der Waals surface area contributed by atoms with Gasteiger partial charge in [0.15, 0.2) is 0 Å². The van der Waals surface area contributed by atoms with Crippen LogP contribution in [0.5, 0.6) is 0 Å². The van der Waals surface area contributed by atoms with E-state index in [4.69, 9.17) is 5.11 Å². The van der Waals surface area contributed by atoms with E-state index in [1.165, 1.54) is 7.05 Å². The lowest BCUT2D eigenvalue weighted by Crippen LogP contribution is -2.39. The molecule has 0 aromatic heterocycles. The molecule has 1 aliphatic rings. The molecule has 1 rings (SSSR count). The zero-order valence-corrected chi connectivity index (χ0v) is 8.52. The number of hydrogen-bond acceptors (Lipinski definition) is 3. The molecular weight excluding hydrogens is 200 g/mol. The van der Waals surface area contributed by atoms with E-state index in [1.54, 1.807) is 0 Å². The molecule has 0 heterocycles. The van der Waals surface area contributed by atoms with Gasteiger partial charge in [0.25, 0.3) is 0 Å². The van der Waals surface area contributed by atoms with E-state index in [0.717, 1.165) is 17.7 Å². The number of nitrogens with one attached hydrogen (secondary N) is 1. The molecule has 0 radical (unpaired) electrons. The van der Waals surface area contributed by atoms with E-state index >= 15 is 0 Å². The number of carboxylic acid groups (broad SMARTS) is 1. The van der Waals surface area contributed by atoms with Crippen molar-refractivity contribution < 1.29 is 19.5 Å². The highest BCUT2D eigenvalue weighted by molar-refractivity contribution is 5.95. The maximum atomic E-state index is 11.2. The molecule has 15 heavy (non-hydrogen) atoms. The van der Waals surface area contributed by atoms with Gasteiger partial charge in [-0.25, -0.2) is 0 Å². The minimum Gasteiger partial charge on any atom is -0.481 e. The van der Waals surface area contributed by atoms with Gasteiger partial charge in [-0.05, 0) is 12.8 Å². The summed E-state index contributed by atoms with van der Waals surface area (Å²) in [5.41, 5.74) is 0. The van der Waals surface area contributed by atoms with Crippen LogP contribution in [0, 0.1) is 0 Å². The first kappa shape index (κ1) is 11.5. The van der Waals surface area contributed by atoms with Gasteiger partial charge >= 0.3 is 5.97 Å². The Labute approximate surface area is 87.2 Å². The second-order valence-corrected chi connectivity index (χ2v) is 3.66. The number of aliphatic carboxylic acids is 1. The van der Waals surface area contributed by atoms with Gasteiger partial charge in [-0.3, -0.25) is 14.4 Å². The van der Waals surface area contributed by atoms with Crippen molar-refractivity contribution in [1.29, 1.82) is 0 Å². The van der Waals surface area contributed by atoms with Gasteiger partial charge < -0.3 is 15.3 Å². The third kappa shape index (κ3) is 4.44. The first-order valence-electron chi connectivity index (χ1n) is 4.74. The summed E-state index contributed by atoms with van der Waals surface area (Å²) in [5, 5.41) is 11.1. The van der Waals surface area contributed by atoms with Crippen LogP contribution in [-0.4, -0.2) is 47.4 Å². The van der Waals surface area contributed by atoms with Crippen LogP contribution in [0.3, 0.4) is 0 Å². The van der Waals surface area contributed by atoms with Crippen molar-refractivity contribution in [3.05, 3.63) is 0 Å². The molecule has 0 unspecified atom stereocenters. The molecule has 84 valence electrons. The van der Waals surface area contributed by atoms with Crippen LogP contribution in [0.15, 0.2) is 0 Å². The molecule has 6 nitrogen and oxygen atoms in total. The molecule has 6 heteroatoms. The van der Waals surface area contributed by atoms with Gasteiger partial charge in [-0.1, -0.05) is 0 Å². The Balaban J connectivity index is 2.26. The summed E-state index contributed by atoms with van der Waals surface area (Å²) in [6.07, 6.45) is 1.39. The summed E-state index contributed by atoms with van der Waals surface area (Å²) >= 11 is 0. The third-order valence-corrected chi connectivity index (χ3v) is 2.05. The summed E-state index contributed by atoms with van der Waals surface area (Å²) in [5.74, 6) is -1.98. The van der Waals surface area contributed by atoms with Gasteiger partial charge in [0.05, 0.1) is 6.54 Å². The van der Waals surface area contributed by atoms with Gasteiger partial charge in [0.2, 0.25) is 11.8 Å². The molecule has 0 spiro atoms. The van der Waals surface area contributed by atoms with Gasteiger partial charge in [-0.15, -0.1) is 0 Å². The second-order valence-electron chi connectivity index (χ2n) is 3.66. The van der Waals surface area contributed by atoms with Crippen LogP contribution in [0.25, 0.3) is 0 Å². The molecule has 0 aromatic carbocycles. The number of likely N-dealkylation sites (N-methyl/N-ethyl adjacent to an activating group) is 1. The molecule has 1 aliphatic carbocycles. The molecule has 2 N–H and O–H groups in total. The summed E-state index contributed by atoms with van der Waals surface area (Å²) in [6, 6.07) is 0.250. The highest BCUT2D eigenvalue weighted by Gasteiger charge is 2.24. The smallest absolute Gasteiger partial charge is 0.312 e. The molecule has 0 aliphatic heterocycles. The van der Waals surface area contributed by atoms with Gasteiger partial charge in [0.1, 0.15) is 6.42 Å². The molecule has 2 amide bonds. The van der Waals surface area contributed by atoms with Crippen LogP contribution in [0.4, 0.5) is 0 Å². The number of nitrogens with zero attached hydrogens (tertiary/aromatic N) is 1. The fourth-order valence-electron chi connectivity index (χ4n) is 1.07. The zero-order valence-electron chi connectivity index (χ0n) is 8.52. The number of carboxylic acids is 1. The predicted octanol–water partition coefficient (Wildman–Crippen LogP) is -0.802. The molecule has 0 aromatic rings. The van der Waals surface area contributed by atoms with Crippen LogP contribution in [-0.2, 0) is 14.4 Å². The normalized spacial score (nSPS) is 14.5. The van der Waals surface area contributed by atoms with Crippen molar-refractivity contribution in [2.45, 2.75) is 25.3 Å². The Hall–Kier alpha value is -1.59. The van der Waals surface area contributed by atoms with Crippen molar-refractivity contribution in [2.75, 3.05) is 13.6 Å². The van der Waals surface area contributed by atoms with E-state index < -0.39 is 18.3 Å². The Morgan fingerprint density at radius 1 is 1.40 bits per heavy atom. The predicted molar refractivity (Wildman–Crippen MR) is 51.1 cm³/mol. The second kappa shape index (κ2) is 4.77. The average molecular weight is 214 g/mol. The lowest BCUT2D eigenvalue weighted by atomic mass is 10.3. The summed E-state index contributed by atoms with van der Waals surface area (Å²) in [7, 11) is 1.41. The quantitative estimate of drug-likeness (QED) is 0.586. The first-order chi connectivity index (χ1) is 6.99. The zero-order chi connectivity index (χ0) is 11.4. The van der Waals surface area contributed by atoms with Crippen LogP contribution in [0.2, 0.25) is 0 Å². The topological polar surface area (TPSA) is 86.7 Å². The Bertz CT molecular complexity index is 286. The maximum Gasteiger partial charge on any atom is 0.312 e. The fraction of sp³-hybridized carbons (Fsp3) is 0.667. The van der Waals surface area contributed by atoms with Crippen molar-refractivity contribution in [2.24, 2.45) is 0 Å². The number of amides is 2. The molecular formula is C9H14N2O4. The fourth-order valence-corrected chi connectivity index (χ4v) is 1.07. The van der Waals surface area contributed by atoms with Crippen molar-refractivity contribution in [1.82, 2.24) is 10.2 Å². The van der Waals surface area contributed by atoms with E-state index in [0.29, 0.717) is 0 Å². The van der Waals surface area contributed by atoms with Crippen molar-refractivity contribution >= 4 is 17.8 Å². The molecule has 1 saturated carbocycles. The minimum atomic E-state index is -1.19. The summed E-state index contributed by atoms with van der Waals surface area (Å²) in [6.45, 7) is -0.0807. The van der Waals surface area contributed by atoms with E-state index in [-0.39, 0.29) is 18.5 Å². The van der Waals surface area contributed by atoms with Crippen molar-refractivity contribution in [3.8, 4) is 0 Å². The van der Waals surface area contributed by atoms with Crippen LogP contribution >= 0.6 is 0 Å². The minimum absolute atomic E-state index is 0.0807. The molecule has 0 atom stereocenters. The van der Waals surface area contributed by atoms with Crippen molar-refractivity contribution in [3.63, 3.8) is 0 Å². The lowest BCUT2D eigenvalue weighted by molar-refractivity contribution is -0.145. The standard InChI is InChI=1S/C9H14N2O4/c1-11(8(13)4-9(14)15)5-7(12)10-6-2-3-6/h6H,2-5H2,1H3,(H,10,12)(H,14,15).